The van der Waals surface area contributed by atoms with Gasteiger partial charge in [-0.15, -0.1) is 0 Å². The zero-order valence-electron chi connectivity index (χ0n) is 11.3. The van der Waals surface area contributed by atoms with Crippen LogP contribution in [0.15, 0.2) is 18.5 Å². The maximum absolute atomic E-state index is 13.4. The van der Waals surface area contributed by atoms with Gasteiger partial charge in [-0.1, -0.05) is 0 Å². The van der Waals surface area contributed by atoms with Gasteiger partial charge in [0, 0.05) is 24.5 Å². The summed E-state index contributed by atoms with van der Waals surface area (Å²) in [6.45, 7) is 4.79. The van der Waals surface area contributed by atoms with Gasteiger partial charge >= 0.3 is 0 Å². The van der Waals surface area contributed by atoms with Crippen molar-refractivity contribution >= 4 is 16.7 Å². The Bertz CT molecular complexity index is 666. The molecule has 1 aromatic heterocycles. The maximum Gasteiger partial charge on any atom is 0.161 e. The second-order valence-electron chi connectivity index (χ2n) is 4.55. The molecule has 0 aliphatic carbocycles. The number of nitrogens with zero attached hydrogens (tertiary/aromatic N) is 4. The summed E-state index contributed by atoms with van der Waals surface area (Å²) >= 11 is 0. The van der Waals surface area contributed by atoms with E-state index in [-0.39, 0.29) is 5.92 Å². The van der Waals surface area contributed by atoms with E-state index in [2.05, 4.69) is 16.0 Å². The van der Waals surface area contributed by atoms with Crippen LogP contribution >= 0.6 is 0 Å². The molecule has 0 unspecified atom stereocenters. The van der Waals surface area contributed by atoms with Crippen LogP contribution in [0.2, 0.25) is 0 Å². The van der Waals surface area contributed by atoms with Gasteiger partial charge in [0.2, 0.25) is 0 Å². The first-order valence-corrected chi connectivity index (χ1v) is 6.31. The molecule has 2 rings (SSSR count). The fourth-order valence-corrected chi connectivity index (χ4v) is 2.03. The molecular weight excluding hydrogens is 262 g/mol. The van der Waals surface area contributed by atoms with Crippen molar-refractivity contribution in [3.05, 3.63) is 30.1 Å². The quantitative estimate of drug-likeness (QED) is 0.861. The second-order valence-corrected chi connectivity index (χ2v) is 4.55. The van der Waals surface area contributed by atoms with E-state index in [1.54, 1.807) is 6.92 Å². The van der Waals surface area contributed by atoms with Crippen LogP contribution in [0.1, 0.15) is 13.8 Å². The predicted octanol–water partition coefficient (Wildman–Crippen LogP) is 2.89. The number of anilines is 1. The van der Waals surface area contributed by atoms with Gasteiger partial charge in [0.05, 0.1) is 17.5 Å². The smallest absolute Gasteiger partial charge is 0.161 e. The molecule has 0 aliphatic rings. The van der Waals surface area contributed by atoms with E-state index in [4.69, 9.17) is 5.26 Å². The topological polar surface area (TPSA) is 52.8 Å². The standard InChI is InChI=1S/C14H14F2N4/c1-3-20(7-9(2)6-17)14-10-4-11(15)12(16)5-13(10)18-8-19-14/h4-5,8-9H,3,7H2,1-2H3/t9-/m1/s1. The number of halogens is 2. The van der Waals surface area contributed by atoms with Gasteiger partial charge in [-0.05, 0) is 19.9 Å². The molecule has 104 valence electrons. The van der Waals surface area contributed by atoms with Crippen LogP contribution in [0.4, 0.5) is 14.6 Å². The normalized spacial score (nSPS) is 12.2. The molecule has 1 heterocycles. The molecule has 6 heteroatoms. The third-order valence-electron chi connectivity index (χ3n) is 3.05. The van der Waals surface area contributed by atoms with E-state index in [0.29, 0.717) is 29.8 Å². The molecule has 0 saturated heterocycles. The van der Waals surface area contributed by atoms with Crippen molar-refractivity contribution in [3.8, 4) is 6.07 Å². The lowest BCUT2D eigenvalue weighted by molar-refractivity contribution is 0.510. The summed E-state index contributed by atoms with van der Waals surface area (Å²) in [5.41, 5.74) is 0.344. The Hall–Kier alpha value is -2.29. The van der Waals surface area contributed by atoms with E-state index in [1.807, 2.05) is 11.8 Å². The van der Waals surface area contributed by atoms with Crippen LogP contribution in [0, 0.1) is 28.9 Å². The number of benzene rings is 1. The molecule has 0 radical (unpaired) electrons. The van der Waals surface area contributed by atoms with E-state index in [9.17, 15) is 8.78 Å². The van der Waals surface area contributed by atoms with Crippen LogP contribution in [-0.4, -0.2) is 23.1 Å². The number of fused-ring (bicyclic) bond motifs is 1. The fraction of sp³-hybridized carbons (Fsp3) is 0.357. The molecule has 1 atom stereocenters. The third-order valence-corrected chi connectivity index (χ3v) is 3.05. The van der Waals surface area contributed by atoms with Gasteiger partial charge in [-0.25, -0.2) is 18.7 Å². The monoisotopic (exact) mass is 276 g/mol. The Balaban J connectivity index is 2.52. The van der Waals surface area contributed by atoms with Crippen molar-refractivity contribution < 1.29 is 8.78 Å². The number of hydrogen-bond donors (Lipinski definition) is 0. The molecule has 4 nitrogen and oxygen atoms in total. The van der Waals surface area contributed by atoms with E-state index < -0.39 is 11.6 Å². The lowest BCUT2D eigenvalue weighted by atomic mass is 10.1. The molecule has 0 spiro atoms. The Kier molecular flexibility index (Phi) is 4.08. The minimum atomic E-state index is -0.935. The lowest BCUT2D eigenvalue weighted by Crippen LogP contribution is -2.28. The van der Waals surface area contributed by atoms with Gasteiger partial charge < -0.3 is 4.90 Å². The first kappa shape index (κ1) is 14.1. The summed E-state index contributed by atoms with van der Waals surface area (Å²) in [7, 11) is 0. The van der Waals surface area contributed by atoms with Crippen LogP contribution < -0.4 is 4.90 Å². The summed E-state index contributed by atoms with van der Waals surface area (Å²) in [5.74, 6) is -1.54. The van der Waals surface area contributed by atoms with Gasteiger partial charge in [0.1, 0.15) is 12.1 Å². The lowest BCUT2D eigenvalue weighted by Gasteiger charge is -2.24. The van der Waals surface area contributed by atoms with Crippen LogP contribution in [-0.2, 0) is 0 Å². The Labute approximate surface area is 115 Å². The van der Waals surface area contributed by atoms with Crippen molar-refractivity contribution in [2.45, 2.75) is 13.8 Å². The van der Waals surface area contributed by atoms with Gasteiger partial charge in [-0.2, -0.15) is 5.26 Å². The SMILES string of the molecule is CCN(C[C@H](C)C#N)c1ncnc2cc(F)c(F)cc12. The predicted molar refractivity (Wildman–Crippen MR) is 72.1 cm³/mol. The Morgan fingerprint density at radius 3 is 2.65 bits per heavy atom. The highest BCUT2D eigenvalue weighted by Crippen LogP contribution is 2.25. The second kappa shape index (κ2) is 5.78. The highest BCUT2D eigenvalue weighted by Gasteiger charge is 2.15. The van der Waals surface area contributed by atoms with E-state index in [1.165, 1.54) is 6.33 Å². The first-order chi connectivity index (χ1) is 9.56. The Morgan fingerprint density at radius 2 is 2.00 bits per heavy atom. The minimum Gasteiger partial charge on any atom is -0.355 e. The van der Waals surface area contributed by atoms with Crippen molar-refractivity contribution in [3.63, 3.8) is 0 Å². The number of aromatic nitrogens is 2. The van der Waals surface area contributed by atoms with Gasteiger partial charge in [0.15, 0.2) is 11.6 Å². The molecule has 20 heavy (non-hydrogen) atoms. The zero-order valence-corrected chi connectivity index (χ0v) is 11.3. The van der Waals surface area contributed by atoms with Crippen LogP contribution in [0.25, 0.3) is 10.9 Å². The maximum atomic E-state index is 13.4. The van der Waals surface area contributed by atoms with E-state index in [0.717, 1.165) is 12.1 Å². The van der Waals surface area contributed by atoms with Crippen molar-refractivity contribution in [1.82, 2.24) is 9.97 Å². The third kappa shape index (κ3) is 2.67. The molecule has 0 aliphatic heterocycles. The summed E-state index contributed by atoms with van der Waals surface area (Å²) in [5, 5.41) is 9.34. The largest absolute Gasteiger partial charge is 0.355 e. The van der Waals surface area contributed by atoms with Gasteiger partial charge in [-0.3, -0.25) is 0 Å². The van der Waals surface area contributed by atoms with Crippen molar-refractivity contribution in [1.29, 1.82) is 5.26 Å². The molecule has 0 saturated carbocycles. The highest BCUT2D eigenvalue weighted by atomic mass is 19.2. The number of rotatable bonds is 4. The molecule has 0 bridgehead atoms. The molecule has 0 fully saturated rings. The highest BCUT2D eigenvalue weighted by molar-refractivity contribution is 5.89. The molecular formula is C14H14F2N4. The average molecular weight is 276 g/mol. The summed E-state index contributed by atoms with van der Waals surface area (Å²) in [6.07, 6.45) is 1.31. The number of nitriles is 1. The Morgan fingerprint density at radius 1 is 1.30 bits per heavy atom. The van der Waals surface area contributed by atoms with Crippen molar-refractivity contribution in [2.75, 3.05) is 18.0 Å². The van der Waals surface area contributed by atoms with Crippen LogP contribution in [0.5, 0.6) is 0 Å². The molecule has 0 N–H and O–H groups in total. The molecule has 0 amide bonds. The number of hydrogen-bond acceptors (Lipinski definition) is 4. The minimum absolute atomic E-state index is 0.190. The first-order valence-electron chi connectivity index (χ1n) is 6.31. The molecule has 2 aromatic rings. The summed E-state index contributed by atoms with van der Waals surface area (Å²) in [6, 6.07) is 4.30. The van der Waals surface area contributed by atoms with Gasteiger partial charge in [0.25, 0.3) is 0 Å². The van der Waals surface area contributed by atoms with E-state index >= 15 is 0 Å². The summed E-state index contributed by atoms with van der Waals surface area (Å²) < 4.78 is 26.7. The van der Waals surface area contributed by atoms with Crippen LogP contribution in [0.3, 0.4) is 0 Å². The molecule has 1 aromatic carbocycles. The average Bonchev–Trinajstić information content (AvgIpc) is 2.45. The fourth-order valence-electron chi connectivity index (χ4n) is 2.03. The zero-order chi connectivity index (χ0) is 14.7. The summed E-state index contributed by atoms with van der Waals surface area (Å²) in [4.78, 5) is 9.96. The van der Waals surface area contributed by atoms with Crippen molar-refractivity contribution in [2.24, 2.45) is 5.92 Å².